The quantitative estimate of drug-likeness (QED) is 0.390. The summed E-state index contributed by atoms with van der Waals surface area (Å²) in [4.78, 5) is 10.9. The molecule has 0 aliphatic rings. The number of carbonyl (C=O) groups is 1. The minimum Gasteiger partial charge on any atom is -0.545 e. The van der Waals surface area contributed by atoms with Crippen molar-refractivity contribution in [3.05, 3.63) is 93.5 Å². The van der Waals surface area contributed by atoms with Gasteiger partial charge in [-0.25, -0.2) is 8.42 Å². The Bertz CT molecular complexity index is 1250. The molecule has 0 fully saturated rings. The van der Waals surface area contributed by atoms with Crippen LogP contribution in [-0.2, 0) is 16.3 Å². The first-order valence-corrected chi connectivity index (χ1v) is 12.3. The molecule has 2 atom stereocenters. The minimum atomic E-state index is -3.86. The van der Waals surface area contributed by atoms with Crippen LogP contribution in [0.3, 0.4) is 0 Å². The van der Waals surface area contributed by atoms with Crippen molar-refractivity contribution >= 4 is 39.0 Å². The molecule has 0 spiro atoms. The summed E-state index contributed by atoms with van der Waals surface area (Å²) in [5, 5.41) is 24.9. The molecule has 0 unspecified atom stereocenters. The molecule has 6 nitrogen and oxygen atoms in total. The molecule has 0 bridgehead atoms. The second kappa shape index (κ2) is 12.5. The van der Waals surface area contributed by atoms with Gasteiger partial charge < -0.3 is 20.3 Å². The van der Waals surface area contributed by atoms with Gasteiger partial charge in [0.2, 0.25) is 9.84 Å². The number of carboxylic acids is 1. The molecular weight excluding hydrogens is 508 g/mol. The van der Waals surface area contributed by atoms with E-state index in [-0.39, 0.29) is 56.0 Å². The van der Waals surface area contributed by atoms with E-state index in [0.29, 0.717) is 18.0 Å². The average molecular weight is 530 g/mol. The van der Waals surface area contributed by atoms with Gasteiger partial charge in [-0.3, -0.25) is 0 Å². The van der Waals surface area contributed by atoms with E-state index in [1.165, 1.54) is 18.2 Å². The number of benzene rings is 3. The summed E-state index contributed by atoms with van der Waals surface area (Å²) in [5.74, 6) is -1.48. The molecule has 3 rings (SSSR count). The zero-order valence-corrected chi connectivity index (χ0v) is 23.0. The number of rotatable bonds is 9. The summed E-state index contributed by atoms with van der Waals surface area (Å²) < 4.78 is 25.7. The number of aromatic carboxylic acids is 1. The number of carboxylic acid groups (broad SMARTS) is 1. The number of hydrogen-bond donors (Lipinski definition) is 2. The molecular formula is C24H22Cl2NNaO5S. The van der Waals surface area contributed by atoms with Crippen molar-refractivity contribution in [3.63, 3.8) is 0 Å². The molecule has 0 radical (unpaired) electrons. The van der Waals surface area contributed by atoms with E-state index in [4.69, 9.17) is 23.2 Å². The third-order valence-electron chi connectivity index (χ3n) is 5.14. The first-order valence-electron chi connectivity index (χ1n) is 10.1. The van der Waals surface area contributed by atoms with Gasteiger partial charge in [0.15, 0.2) is 0 Å². The Balaban J connectivity index is 0.00000408. The first-order chi connectivity index (χ1) is 15.6. The summed E-state index contributed by atoms with van der Waals surface area (Å²) >= 11 is 11.8. The molecule has 0 saturated heterocycles. The Morgan fingerprint density at radius 2 is 1.68 bits per heavy atom. The van der Waals surface area contributed by atoms with Gasteiger partial charge in [-0.15, -0.1) is 0 Å². The van der Waals surface area contributed by atoms with E-state index in [9.17, 15) is 23.4 Å². The van der Waals surface area contributed by atoms with Crippen molar-refractivity contribution in [3.8, 4) is 0 Å². The Labute approximate surface area is 231 Å². The second-order valence-corrected chi connectivity index (χ2v) is 10.5. The van der Waals surface area contributed by atoms with E-state index in [1.807, 2.05) is 6.92 Å². The predicted molar refractivity (Wildman–Crippen MR) is 125 cm³/mol. The van der Waals surface area contributed by atoms with Crippen LogP contribution in [0.5, 0.6) is 0 Å². The van der Waals surface area contributed by atoms with Crippen LogP contribution in [0.25, 0.3) is 0 Å². The van der Waals surface area contributed by atoms with Crippen molar-refractivity contribution in [1.29, 1.82) is 0 Å². The monoisotopic (exact) mass is 529 g/mol. The Hall–Kier alpha value is -1.42. The number of aliphatic hydroxyl groups is 1. The third kappa shape index (κ3) is 7.29. The molecule has 3 aromatic carbocycles. The standard InChI is InChI=1S/C24H23Cl2NO5S.Na/c1-15(27-14-23(28)17-3-2-4-18(25)12-17)11-16-5-7-19(8-6-16)33(31,32)20-9-10-21(24(29)30)22(26)13-20;/h2-10,12-13,15,23,27-28H,11,14H2,1H3,(H,29,30);/q;+1/p-1/t15-,23+;/m1./s1. The van der Waals surface area contributed by atoms with Crippen molar-refractivity contribution in [2.75, 3.05) is 6.54 Å². The summed E-state index contributed by atoms with van der Waals surface area (Å²) in [6.45, 7) is 2.31. The molecule has 10 heteroatoms. The van der Waals surface area contributed by atoms with E-state index < -0.39 is 21.9 Å². The SMILES string of the molecule is C[C@H](Cc1ccc(S(=O)(=O)c2ccc(C(=O)[O-])c(Cl)c2)cc1)NC[C@H](O)c1cccc(Cl)c1.[Na+]. The summed E-state index contributed by atoms with van der Waals surface area (Å²) in [6, 6.07) is 16.9. The van der Waals surface area contributed by atoms with Crippen LogP contribution in [0.4, 0.5) is 0 Å². The van der Waals surface area contributed by atoms with Crippen molar-refractivity contribution in [2.24, 2.45) is 0 Å². The molecule has 2 N–H and O–H groups in total. The predicted octanol–water partition coefficient (Wildman–Crippen LogP) is 0.448. The third-order valence-corrected chi connectivity index (χ3v) is 7.45. The van der Waals surface area contributed by atoms with Crippen molar-refractivity contribution < 1.29 is 53.0 Å². The summed E-state index contributed by atoms with van der Waals surface area (Å²) in [6.07, 6.45) is -0.0804. The summed E-state index contributed by atoms with van der Waals surface area (Å²) in [5.41, 5.74) is 1.37. The molecule has 0 amide bonds. The van der Waals surface area contributed by atoms with E-state index >= 15 is 0 Å². The van der Waals surface area contributed by atoms with Gasteiger partial charge in [0.1, 0.15) is 0 Å². The number of carbonyl (C=O) groups excluding carboxylic acids is 1. The smallest absolute Gasteiger partial charge is 0.545 e. The van der Waals surface area contributed by atoms with Gasteiger partial charge in [-0.1, -0.05) is 53.5 Å². The van der Waals surface area contributed by atoms with Crippen LogP contribution in [-0.4, -0.2) is 32.1 Å². The van der Waals surface area contributed by atoms with E-state index in [1.54, 1.807) is 36.4 Å². The van der Waals surface area contributed by atoms with Crippen LogP contribution >= 0.6 is 23.2 Å². The molecule has 0 aromatic heterocycles. The first kappa shape index (κ1) is 28.8. The molecule has 0 heterocycles. The van der Waals surface area contributed by atoms with E-state index in [0.717, 1.165) is 23.3 Å². The summed E-state index contributed by atoms with van der Waals surface area (Å²) in [7, 11) is -3.86. The Morgan fingerprint density at radius 3 is 2.26 bits per heavy atom. The number of hydrogen-bond acceptors (Lipinski definition) is 6. The van der Waals surface area contributed by atoms with E-state index in [2.05, 4.69) is 5.32 Å². The minimum absolute atomic E-state index is 0. The van der Waals surface area contributed by atoms with Crippen LogP contribution in [0.15, 0.2) is 76.5 Å². The van der Waals surface area contributed by atoms with Gasteiger partial charge >= 0.3 is 29.6 Å². The average Bonchev–Trinajstić information content (AvgIpc) is 2.77. The fourth-order valence-electron chi connectivity index (χ4n) is 3.34. The maximum Gasteiger partial charge on any atom is 1.00 e. The largest absolute Gasteiger partial charge is 1.00 e. The fourth-order valence-corrected chi connectivity index (χ4v) is 5.15. The molecule has 174 valence electrons. The van der Waals surface area contributed by atoms with Gasteiger partial charge in [0.25, 0.3) is 0 Å². The number of aliphatic hydroxyl groups excluding tert-OH is 1. The Morgan fingerprint density at radius 1 is 1.03 bits per heavy atom. The van der Waals surface area contributed by atoms with Gasteiger partial charge in [0.05, 0.1) is 26.9 Å². The second-order valence-electron chi connectivity index (χ2n) is 7.66. The Kier molecular flexibility index (Phi) is 10.6. The maximum atomic E-state index is 12.9. The normalized spacial score (nSPS) is 13.1. The fraction of sp³-hybridized carbons (Fsp3) is 0.208. The number of sulfone groups is 1. The van der Waals surface area contributed by atoms with Gasteiger partial charge in [0, 0.05) is 23.2 Å². The van der Waals surface area contributed by atoms with Crippen LogP contribution in [0, 0.1) is 0 Å². The molecule has 34 heavy (non-hydrogen) atoms. The zero-order valence-electron chi connectivity index (χ0n) is 18.7. The zero-order chi connectivity index (χ0) is 24.2. The van der Waals surface area contributed by atoms with Gasteiger partial charge in [-0.2, -0.15) is 0 Å². The van der Waals surface area contributed by atoms with Crippen LogP contribution in [0.1, 0.15) is 34.5 Å². The molecule has 0 aliphatic heterocycles. The van der Waals surface area contributed by atoms with Crippen molar-refractivity contribution in [2.45, 2.75) is 35.3 Å². The maximum absolute atomic E-state index is 12.9. The van der Waals surface area contributed by atoms with Crippen LogP contribution in [0.2, 0.25) is 10.0 Å². The molecule has 0 aliphatic carbocycles. The molecule has 0 saturated carbocycles. The van der Waals surface area contributed by atoms with Crippen molar-refractivity contribution in [1.82, 2.24) is 5.32 Å². The number of nitrogens with one attached hydrogen (secondary N) is 1. The van der Waals surface area contributed by atoms with Crippen LogP contribution < -0.4 is 40.0 Å². The topological polar surface area (TPSA) is 107 Å². The number of halogens is 2. The van der Waals surface area contributed by atoms with Gasteiger partial charge in [-0.05, 0) is 60.9 Å². The molecule has 3 aromatic rings.